The zero-order chi connectivity index (χ0) is 14.7. The fourth-order valence-electron chi connectivity index (χ4n) is 2.67. The van der Waals surface area contributed by atoms with Crippen LogP contribution in [0.2, 0.25) is 0 Å². The summed E-state index contributed by atoms with van der Waals surface area (Å²) < 4.78 is 0. The van der Waals surface area contributed by atoms with Crippen molar-refractivity contribution in [3.63, 3.8) is 0 Å². The van der Waals surface area contributed by atoms with Crippen LogP contribution < -0.4 is 5.32 Å². The van der Waals surface area contributed by atoms with Crippen molar-refractivity contribution >= 4 is 11.3 Å². The molecule has 1 N–H and O–H groups in total. The van der Waals surface area contributed by atoms with Crippen molar-refractivity contribution in [3.05, 3.63) is 16.1 Å². The van der Waals surface area contributed by atoms with Gasteiger partial charge in [0.1, 0.15) is 5.01 Å². The quantitative estimate of drug-likeness (QED) is 0.902. The van der Waals surface area contributed by atoms with Crippen LogP contribution in [0.25, 0.3) is 0 Å². The summed E-state index contributed by atoms with van der Waals surface area (Å²) in [5.41, 5.74) is 1.22. The van der Waals surface area contributed by atoms with E-state index in [9.17, 15) is 0 Å². The highest BCUT2D eigenvalue weighted by atomic mass is 32.1. The second kappa shape index (κ2) is 6.98. The van der Waals surface area contributed by atoms with Gasteiger partial charge >= 0.3 is 0 Å². The summed E-state index contributed by atoms with van der Waals surface area (Å²) in [6.07, 6.45) is 0. The van der Waals surface area contributed by atoms with Gasteiger partial charge in [-0.05, 0) is 20.9 Å². The number of likely N-dealkylation sites (N-methyl/N-ethyl adjacent to an activating group) is 1. The number of aromatic nitrogens is 1. The lowest BCUT2D eigenvalue weighted by atomic mass is 10.1. The third-order valence-electron chi connectivity index (χ3n) is 4.08. The maximum atomic E-state index is 4.75. The van der Waals surface area contributed by atoms with Crippen molar-refractivity contribution in [3.8, 4) is 0 Å². The second-order valence-electron chi connectivity index (χ2n) is 6.33. The topological polar surface area (TPSA) is 31.4 Å². The molecule has 0 spiro atoms. The van der Waals surface area contributed by atoms with Gasteiger partial charge in [0, 0.05) is 49.7 Å². The molecule has 2 atom stereocenters. The third-order valence-corrected chi connectivity index (χ3v) is 4.98. The number of hydrogen-bond donors (Lipinski definition) is 1. The number of nitrogens with zero attached hydrogens (tertiary/aromatic N) is 3. The highest BCUT2D eigenvalue weighted by Crippen LogP contribution is 2.17. The minimum Gasteiger partial charge on any atom is -0.308 e. The Morgan fingerprint density at radius 1 is 1.35 bits per heavy atom. The molecular formula is C15H28N4S. The Hall–Kier alpha value is -0.490. The van der Waals surface area contributed by atoms with Crippen LogP contribution in [0.1, 0.15) is 38.4 Å². The van der Waals surface area contributed by atoms with Crippen LogP contribution in [-0.2, 0) is 13.1 Å². The average Bonchev–Trinajstić information content (AvgIpc) is 2.81. The second-order valence-corrected chi connectivity index (χ2v) is 7.27. The molecule has 20 heavy (non-hydrogen) atoms. The molecule has 1 aromatic heterocycles. The fourth-order valence-corrected chi connectivity index (χ4v) is 3.40. The van der Waals surface area contributed by atoms with Gasteiger partial charge in [0.15, 0.2) is 0 Å². The molecule has 0 saturated carbocycles. The van der Waals surface area contributed by atoms with Crippen LogP contribution in [-0.4, -0.2) is 53.0 Å². The monoisotopic (exact) mass is 296 g/mol. The Morgan fingerprint density at radius 3 is 2.60 bits per heavy atom. The molecule has 1 aliphatic rings. The summed E-state index contributed by atoms with van der Waals surface area (Å²) in [5, 5.41) is 6.84. The van der Waals surface area contributed by atoms with Gasteiger partial charge in [-0.15, -0.1) is 11.3 Å². The normalized spacial score (nSPS) is 25.5. The number of piperazine rings is 1. The molecule has 1 aliphatic heterocycles. The van der Waals surface area contributed by atoms with Gasteiger partial charge < -0.3 is 5.32 Å². The van der Waals surface area contributed by atoms with E-state index >= 15 is 0 Å². The predicted octanol–water partition coefficient (Wildman–Crippen LogP) is 2.17. The first-order chi connectivity index (χ1) is 9.45. The minimum absolute atomic E-state index is 0.515. The number of hydrogen-bond acceptors (Lipinski definition) is 5. The van der Waals surface area contributed by atoms with Crippen LogP contribution in [0.15, 0.2) is 5.38 Å². The molecule has 0 amide bonds. The SMILES string of the molecule is CC(C)NCc1nc(CN2CC(C)N(C)C(C)C2)cs1. The molecule has 4 nitrogen and oxygen atoms in total. The lowest BCUT2D eigenvalue weighted by Gasteiger charge is -2.42. The van der Waals surface area contributed by atoms with E-state index in [0.29, 0.717) is 18.1 Å². The van der Waals surface area contributed by atoms with Gasteiger partial charge in [0.2, 0.25) is 0 Å². The summed E-state index contributed by atoms with van der Waals surface area (Å²) in [6.45, 7) is 13.1. The standard InChI is InChI=1S/C15H28N4S/c1-11(2)16-6-15-17-14(10-20-15)9-19-7-12(3)18(5)13(4)8-19/h10-13,16H,6-9H2,1-5H3. The maximum absolute atomic E-state index is 4.75. The first kappa shape index (κ1) is 15.9. The van der Waals surface area contributed by atoms with E-state index in [-0.39, 0.29) is 0 Å². The molecule has 0 aliphatic carbocycles. The zero-order valence-electron chi connectivity index (χ0n) is 13.4. The molecule has 2 rings (SSSR count). The summed E-state index contributed by atoms with van der Waals surface area (Å²) in [7, 11) is 2.23. The molecule has 0 bridgehead atoms. The first-order valence-corrected chi connectivity index (χ1v) is 8.44. The van der Waals surface area contributed by atoms with Crippen LogP contribution in [0, 0.1) is 0 Å². The molecule has 0 aromatic carbocycles. The van der Waals surface area contributed by atoms with Gasteiger partial charge in [0.25, 0.3) is 0 Å². The molecule has 114 valence electrons. The largest absolute Gasteiger partial charge is 0.308 e. The number of rotatable bonds is 5. The van der Waals surface area contributed by atoms with E-state index in [2.05, 4.69) is 55.2 Å². The van der Waals surface area contributed by atoms with Gasteiger partial charge in [-0.1, -0.05) is 13.8 Å². The summed E-state index contributed by atoms with van der Waals surface area (Å²) in [5.74, 6) is 0. The van der Waals surface area contributed by atoms with Gasteiger partial charge in [-0.25, -0.2) is 4.98 Å². The third kappa shape index (κ3) is 4.25. The van der Waals surface area contributed by atoms with Crippen LogP contribution in [0.4, 0.5) is 0 Å². The Bertz CT molecular complexity index is 406. The molecule has 1 aromatic rings. The fraction of sp³-hybridized carbons (Fsp3) is 0.800. The maximum Gasteiger partial charge on any atom is 0.107 e. The molecular weight excluding hydrogens is 268 g/mol. The predicted molar refractivity (Wildman–Crippen MR) is 86.1 cm³/mol. The molecule has 2 unspecified atom stereocenters. The molecule has 1 fully saturated rings. The molecule has 5 heteroatoms. The first-order valence-electron chi connectivity index (χ1n) is 7.56. The van der Waals surface area contributed by atoms with E-state index in [1.165, 1.54) is 10.7 Å². The van der Waals surface area contributed by atoms with E-state index in [1.54, 1.807) is 11.3 Å². The average molecular weight is 296 g/mol. The Labute approximate surface area is 127 Å². The lowest BCUT2D eigenvalue weighted by Crippen LogP contribution is -2.54. The highest BCUT2D eigenvalue weighted by Gasteiger charge is 2.26. The van der Waals surface area contributed by atoms with Crippen LogP contribution in [0.3, 0.4) is 0 Å². The summed E-state index contributed by atoms with van der Waals surface area (Å²) in [4.78, 5) is 9.75. The Morgan fingerprint density at radius 2 is 2.00 bits per heavy atom. The summed E-state index contributed by atoms with van der Waals surface area (Å²) in [6, 6.07) is 1.76. The van der Waals surface area contributed by atoms with E-state index < -0.39 is 0 Å². The number of nitrogens with one attached hydrogen (secondary N) is 1. The van der Waals surface area contributed by atoms with Crippen LogP contribution in [0.5, 0.6) is 0 Å². The Balaban J connectivity index is 1.87. The lowest BCUT2D eigenvalue weighted by molar-refractivity contribution is 0.0550. The van der Waals surface area contributed by atoms with Crippen molar-refractivity contribution in [2.45, 2.75) is 58.9 Å². The van der Waals surface area contributed by atoms with Gasteiger partial charge in [0.05, 0.1) is 5.69 Å². The van der Waals surface area contributed by atoms with Crippen LogP contribution >= 0.6 is 11.3 Å². The van der Waals surface area contributed by atoms with Crippen molar-refractivity contribution in [1.82, 2.24) is 20.1 Å². The zero-order valence-corrected chi connectivity index (χ0v) is 14.2. The molecule has 1 saturated heterocycles. The number of thiazole rings is 1. The highest BCUT2D eigenvalue weighted by molar-refractivity contribution is 7.09. The summed E-state index contributed by atoms with van der Waals surface area (Å²) >= 11 is 1.77. The van der Waals surface area contributed by atoms with Crippen molar-refractivity contribution in [2.75, 3.05) is 20.1 Å². The van der Waals surface area contributed by atoms with E-state index in [4.69, 9.17) is 4.98 Å². The van der Waals surface area contributed by atoms with E-state index in [0.717, 1.165) is 26.2 Å². The van der Waals surface area contributed by atoms with Gasteiger partial charge in [-0.3, -0.25) is 9.80 Å². The smallest absolute Gasteiger partial charge is 0.107 e. The van der Waals surface area contributed by atoms with Crippen molar-refractivity contribution < 1.29 is 0 Å². The van der Waals surface area contributed by atoms with Crippen molar-refractivity contribution in [1.29, 1.82) is 0 Å². The van der Waals surface area contributed by atoms with Gasteiger partial charge in [-0.2, -0.15) is 0 Å². The Kier molecular flexibility index (Phi) is 5.55. The van der Waals surface area contributed by atoms with Crippen molar-refractivity contribution in [2.24, 2.45) is 0 Å². The molecule has 0 radical (unpaired) electrons. The van der Waals surface area contributed by atoms with E-state index in [1.807, 2.05) is 0 Å². The minimum atomic E-state index is 0.515. The molecule has 2 heterocycles.